The highest BCUT2D eigenvalue weighted by Crippen LogP contribution is 2.24. The summed E-state index contributed by atoms with van der Waals surface area (Å²) in [6.45, 7) is 2.76. The van der Waals surface area contributed by atoms with Crippen LogP contribution in [0.2, 0.25) is 0 Å². The maximum Gasteiger partial charge on any atom is 0.217 e. The van der Waals surface area contributed by atoms with Crippen LogP contribution in [-0.2, 0) is 17.9 Å². The Labute approximate surface area is 155 Å². The number of nitrogens with one attached hydrogen (secondary N) is 1. The lowest BCUT2D eigenvalue weighted by atomic mass is 10.2. The van der Waals surface area contributed by atoms with E-state index in [4.69, 9.17) is 0 Å². The van der Waals surface area contributed by atoms with E-state index in [0.29, 0.717) is 13.1 Å². The Hall–Kier alpha value is -2.12. The quantitative estimate of drug-likeness (QED) is 0.876. The van der Waals surface area contributed by atoms with Crippen LogP contribution in [-0.4, -0.2) is 34.6 Å². The molecular weight excluding hydrogens is 352 g/mol. The van der Waals surface area contributed by atoms with Gasteiger partial charge in [0.15, 0.2) is 5.17 Å². The van der Waals surface area contributed by atoms with Crippen LogP contribution in [0, 0.1) is 0 Å². The van der Waals surface area contributed by atoms with Crippen LogP contribution in [0.25, 0.3) is 0 Å². The Morgan fingerprint density at radius 2 is 2.08 bits per heavy atom. The van der Waals surface area contributed by atoms with Gasteiger partial charge in [-0.3, -0.25) is 9.79 Å². The summed E-state index contributed by atoms with van der Waals surface area (Å²) < 4.78 is 0. The van der Waals surface area contributed by atoms with Crippen molar-refractivity contribution < 1.29 is 4.79 Å². The minimum atomic E-state index is -0.0143. The van der Waals surface area contributed by atoms with Gasteiger partial charge in [-0.25, -0.2) is 5.01 Å². The molecule has 0 spiro atoms. The van der Waals surface area contributed by atoms with Crippen molar-refractivity contribution in [1.29, 1.82) is 0 Å². The van der Waals surface area contributed by atoms with Crippen molar-refractivity contribution in [1.82, 2.24) is 10.3 Å². The monoisotopic (exact) mass is 372 g/mol. The number of aliphatic imine (C=N–C) groups is 1. The van der Waals surface area contributed by atoms with Crippen molar-refractivity contribution >= 4 is 39.9 Å². The lowest BCUT2D eigenvalue weighted by Gasteiger charge is -2.22. The fourth-order valence-electron chi connectivity index (χ4n) is 2.33. The van der Waals surface area contributed by atoms with Crippen molar-refractivity contribution in [3.63, 3.8) is 0 Å². The van der Waals surface area contributed by atoms with Crippen LogP contribution < -0.4 is 5.32 Å². The Morgan fingerprint density at radius 1 is 1.28 bits per heavy atom. The van der Waals surface area contributed by atoms with Gasteiger partial charge in [0.2, 0.25) is 5.91 Å². The van der Waals surface area contributed by atoms with E-state index < -0.39 is 0 Å². The summed E-state index contributed by atoms with van der Waals surface area (Å²) >= 11 is 3.37. The molecule has 7 heteroatoms. The van der Waals surface area contributed by atoms with E-state index in [1.165, 1.54) is 12.5 Å². The number of amidine groups is 1. The Bertz CT molecular complexity index is 798. The zero-order chi connectivity index (χ0) is 17.6. The van der Waals surface area contributed by atoms with Gasteiger partial charge in [0.1, 0.15) is 0 Å². The van der Waals surface area contributed by atoms with E-state index in [0.717, 1.165) is 26.4 Å². The first-order valence-electron chi connectivity index (χ1n) is 7.98. The SMILES string of the molecule is CC(=O)NCc1ccc(C2=NN(C)C(=NCc3ccccc3)SC2)s1. The van der Waals surface area contributed by atoms with E-state index in [1.54, 1.807) is 23.1 Å². The van der Waals surface area contributed by atoms with Gasteiger partial charge >= 0.3 is 0 Å². The van der Waals surface area contributed by atoms with Gasteiger partial charge in [-0.1, -0.05) is 42.1 Å². The molecule has 0 unspecified atom stereocenters. The number of carbonyl (C=O) groups excluding carboxylic acids is 1. The minimum absolute atomic E-state index is 0.0143. The van der Waals surface area contributed by atoms with Crippen LogP contribution in [0.15, 0.2) is 52.6 Å². The highest BCUT2D eigenvalue weighted by Gasteiger charge is 2.18. The summed E-state index contributed by atoms with van der Waals surface area (Å²) in [5, 5.41) is 10.3. The average molecular weight is 373 g/mol. The lowest BCUT2D eigenvalue weighted by molar-refractivity contribution is -0.119. The molecule has 3 rings (SSSR count). The number of hydrogen-bond acceptors (Lipinski definition) is 5. The van der Waals surface area contributed by atoms with E-state index in [9.17, 15) is 4.79 Å². The molecule has 0 saturated heterocycles. The smallest absolute Gasteiger partial charge is 0.217 e. The molecular formula is C18H20N4OS2. The number of thiophene rings is 1. The zero-order valence-corrected chi connectivity index (χ0v) is 15.9. The topological polar surface area (TPSA) is 57.1 Å². The van der Waals surface area contributed by atoms with Crippen molar-refractivity contribution in [3.05, 3.63) is 57.8 Å². The fourth-order valence-corrected chi connectivity index (χ4v) is 4.21. The van der Waals surface area contributed by atoms with Crippen molar-refractivity contribution in [3.8, 4) is 0 Å². The molecule has 0 atom stereocenters. The second-order valence-corrected chi connectivity index (χ2v) is 7.73. The summed E-state index contributed by atoms with van der Waals surface area (Å²) in [4.78, 5) is 18.0. The van der Waals surface area contributed by atoms with Gasteiger partial charge in [-0.05, 0) is 17.7 Å². The Balaban J connectivity index is 1.65. The predicted octanol–water partition coefficient (Wildman–Crippen LogP) is 3.32. The molecule has 2 heterocycles. The molecule has 5 nitrogen and oxygen atoms in total. The first-order chi connectivity index (χ1) is 12.1. The minimum Gasteiger partial charge on any atom is -0.351 e. The molecule has 2 aromatic rings. The molecule has 0 bridgehead atoms. The summed E-state index contributed by atoms with van der Waals surface area (Å²) in [7, 11) is 1.93. The van der Waals surface area contributed by atoms with Crippen LogP contribution in [0.4, 0.5) is 0 Å². The molecule has 0 radical (unpaired) electrons. The highest BCUT2D eigenvalue weighted by molar-refractivity contribution is 8.14. The molecule has 1 aromatic carbocycles. The Morgan fingerprint density at radius 3 is 2.80 bits per heavy atom. The summed E-state index contributed by atoms with van der Waals surface area (Å²) in [5.74, 6) is 0.789. The van der Waals surface area contributed by atoms with Crippen LogP contribution in [0.3, 0.4) is 0 Å². The number of hydrazone groups is 1. The van der Waals surface area contributed by atoms with Gasteiger partial charge in [-0.2, -0.15) is 5.10 Å². The molecule has 25 heavy (non-hydrogen) atoms. The number of nitrogens with zero attached hydrogens (tertiary/aromatic N) is 3. The van der Waals surface area contributed by atoms with E-state index in [1.807, 2.05) is 36.3 Å². The standard InChI is InChI=1S/C18H20N4OS2/c1-13(23)19-11-15-8-9-17(25-15)16-12-24-18(22(2)21-16)20-10-14-6-4-3-5-7-14/h3-9H,10-12H2,1-2H3,(H,19,23). The molecule has 0 aliphatic carbocycles. The summed E-state index contributed by atoms with van der Waals surface area (Å²) in [6, 6.07) is 14.3. The Kier molecular flexibility index (Phi) is 5.88. The summed E-state index contributed by atoms with van der Waals surface area (Å²) in [5.41, 5.74) is 2.24. The third kappa shape index (κ3) is 4.93. The number of benzene rings is 1. The molecule has 1 amide bonds. The normalized spacial score (nSPS) is 16.0. The third-order valence-electron chi connectivity index (χ3n) is 3.58. The molecule has 0 saturated carbocycles. The number of thioether (sulfide) groups is 1. The number of hydrogen-bond donors (Lipinski definition) is 1. The van der Waals surface area contributed by atoms with Crippen LogP contribution in [0.5, 0.6) is 0 Å². The second-order valence-electron chi connectivity index (χ2n) is 5.62. The first kappa shape index (κ1) is 17.7. The van der Waals surface area contributed by atoms with Crippen LogP contribution >= 0.6 is 23.1 Å². The fraction of sp³-hybridized carbons (Fsp3) is 0.278. The van der Waals surface area contributed by atoms with E-state index in [2.05, 4.69) is 33.6 Å². The lowest BCUT2D eigenvalue weighted by Crippen LogP contribution is -2.27. The van der Waals surface area contributed by atoms with Gasteiger partial charge in [0, 0.05) is 24.6 Å². The van der Waals surface area contributed by atoms with Gasteiger partial charge in [-0.15, -0.1) is 11.3 Å². The van der Waals surface area contributed by atoms with Crippen molar-refractivity contribution in [2.75, 3.05) is 12.8 Å². The second kappa shape index (κ2) is 8.31. The third-order valence-corrected chi connectivity index (χ3v) is 5.79. The molecule has 130 valence electrons. The molecule has 0 fully saturated rings. The predicted molar refractivity (Wildman–Crippen MR) is 106 cm³/mol. The zero-order valence-electron chi connectivity index (χ0n) is 14.2. The van der Waals surface area contributed by atoms with Crippen molar-refractivity contribution in [2.24, 2.45) is 10.1 Å². The maximum absolute atomic E-state index is 11.0. The highest BCUT2D eigenvalue weighted by atomic mass is 32.2. The van der Waals surface area contributed by atoms with Gasteiger partial charge in [0.05, 0.1) is 23.7 Å². The van der Waals surface area contributed by atoms with E-state index >= 15 is 0 Å². The van der Waals surface area contributed by atoms with Gasteiger partial charge in [0.25, 0.3) is 0 Å². The van der Waals surface area contributed by atoms with Crippen molar-refractivity contribution in [2.45, 2.75) is 20.0 Å². The average Bonchev–Trinajstić information content (AvgIpc) is 3.09. The van der Waals surface area contributed by atoms with Gasteiger partial charge < -0.3 is 5.32 Å². The number of carbonyl (C=O) groups is 1. The molecule has 1 N–H and O–H groups in total. The first-order valence-corrected chi connectivity index (χ1v) is 9.78. The van der Waals surface area contributed by atoms with E-state index in [-0.39, 0.29) is 5.91 Å². The summed E-state index contributed by atoms with van der Waals surface area (Å²) in [6.07, 6.45) is 0. The maximum atomic E-state index is 11.0. The molecule has 1 aromatic heterocycles. The molecule has 1 aliphatic rings. The largest absolute Gasteiger partial charge is 0.351 e. The van der Waals surface area contributed by atoms with Crippen LogP contribution in [0.1, 0.15) is 22.2 Å². The molecule has 1 aliphatic heterocycles. The number of amides is 1. The number of rotatable bonds is 5.